The van der Waals surface area contributed by atoms with Crippen LogP contribution in [-0.4, -0.2) is 57.6 Å². The maximum atomic E-state index is 13.3. The Bertz CT molecular complexity index is 1140. The molecular weight excluding hydrogens is 474 g/mol. The van der Waals surface area contributed by atoms with E-state index >= 15 is 0 Å². The number of fused-ring (bicyclic) bond motifs is 1. The third-order valence-electron chi connectivity index (χ3n) is 4.31. The summed E-state index contributed by atoms with van der Waals surface area (Å²) in [5.74, 6) is -0.257. The third kappa shape index (κ3) is 5.42. The zero-order chi connectivity index (χ0) is 21.2. The normalized spacial score (nSPS) is 11.9. The van der Waals surface area contributed by atoms with Gasteiger partial charge in [-0.15, -0.1) is 0 Å². The van der Waals surface area contributed by atoms with E-state index in [0.29, 0.717) is 17.2 Å². The van der Waals surface area contributed by atoms with Crippen LogP contribution in [0.5, 0.6) is 0 Å². The molecule has 1 heterocycles. The van der Waals surface area contributed by atoms with E-state index in [0.717, 1.165) is 33.9 Å². The molecule has 0 radical (unpaired) electrons. The van der Waals surface area contributed by atoms with Crippen LogP contribution in [0, 0.1) is 0 Å². The summed E-state index contributed by atoms with van der Waals surface area (Å²) in [5.41, 5.74) is 1.15. The largest absolute Gasteiger partial charge is 0.309 e. The lowest BCUT2D eigenvalue weighted by Crippen LogP contribution is -2.33. The molecule has 0 saturated heterocycles. The maximum Gasteiger partial charge on any atom is 0.260 e. The van der Waals surface area contributed by atoms with Crippen molar-refractivity contribution in [3.63, 3.8) is 0 Å². The zero-order valence-corrected chi connectivity index (χ0v) is 19.6. The fraction of sp³-hybridized carbons (Fsp3) is 0.300. The molecule has 0 atom stereocenters. The number of thiazole rings is 1. The number of halogens is 1. The highest BCUT2D eigenvalue weighted by atomic mass is 79.9. The number of hydrogen-bond acceptors (Lipinski definition) is 6. The second-order valence-corrected chi connectivity index (χ2v) is 11.0. The second kappa shape index (κ2) is 8.91. The van der Waals surface area contributed by atoms with E-state index in [1.54, 1.807) is 17.0 Å². The molecule has 0 N–H and O–H groups in total. The molecule has 0 spiro atoms. The van der Waals surface area contributed by atoms with Gasteiger partial charge >= 0.3 is 0 Å². The molecule has 2 aromatic carbocycles. The highest BCUT2D eigenvalue weighted by Crippen LogP contribution is 2.32. The highest BCUT2D eigenvalue weighted by Gasteiger charge is 2.22. The minimum Gasteiger partial charge on any atom is -0.309 e. The Balaban J connectivity index is 1.99. The number of aromatic nitrogens is 1. The van der Waals surface area contributed by atoms with Gasteiger partial charge in [0.25, 0.3) is 5.91 Å². The first-order valence-corrected chi connectivity index (χ1v) is 12.5. The molecular formula is C20H22BrN3O3S2. The molecule has 3 rings (SSSR count). The molecule has 0 bridgehead atoms. The molecule has 29 heavy (non-hydrogen) atoms. The number of rotatable bonds is 7. The fourth-order valence-electron chi connectivity index (χ4n) is 2.85. The first-order valence-electron chi connectivity index (χ1n) is 8.98. The van der Waals surface area contributed by atoms with E-state index in [4.69, 9.17) is 0 Å². The van der Waals surface area contributed by atoms with Gasteiger partial charge in [-0.1, -0.05) is 33.3 Å². The Labute approximate surface area is 183 Å². The van der Waals surface area contributed by atoms with E-state index < -0.39 is 9.84 Å². The van der Waals surface area contributed by atoms with Crippen molar-refractivity contribution >= 4 is 58.4 Å². The van der Waals surface area contributed by atoms with E-state index in [-0.39, 0.29) is 10.8 Å². The van der Waals surface area contributed by atoms with Crippen LogP contribution in [0.4, 0.5) is 5.13 Å². The number of carbonyl (C=O) groups excluding carboxylic acids is 1. The summed E-state index contributed by atoms with van der Waals surface area (Å²) in [5, 5.41) is 0.603. The van der Waals surface area contributed by atoms with Crippen molar-refractivity contribution in [2.75, 3.05) is 38.3 Å². The average molecular weight is 496 g/mol. The zero-order valence-electron chi connectivity index (χ0n) is 16.4. The van der Waals surface area contributed by atoms with E-state index in [1.807, 2.05) is 32.3 Å². The smallest absolute Gasteiger partial charge is 0.260 e. The molecule has 6 nitrogen and oxygen atoms in total. The number of sulfone groups is 1. The van der Waals surface area contributed by atoms with Crippen molar-refractivity contribution in [1.29, 1.82) is 0 Å². The first-order chi connectivity index (χ1) is 13.6. The van der Waals surface area contributed by atoms with Crippen LogP contribution in [0.15, 0.2) is 51.8 Å². The SMILES string of the molecule is CN(C)CCCN(C(=O)c1cccc(S(C)(=O)=O)c1)c1nc2ccc(Br)cc2s1. The summed E-state index contributed by atoms with van der Waals surface area (Å²) in [6.45, 7) is 1.31. The van der Waals surface area contributed by atoms with Crippen molar-refractivity contribution in [2.24, 2.45) is 0 Å². The van der Waals surface area contributed by atoms with Crippen molar-refractivity contribution in [2.45, 2.75) is 11.3 Å². The van der Waals surface area contributed by atoms with Gasteiger partial charge in [0, 0.05) is 22.8 Å². The number of nitrogens with zero attached hydrogens (tertiary/aromatic N) is 3. The summed E-state index contributed by atoms with van der Waals surface area (Å²) in [4.78, 5) is 21.8. The fourth-order valence-corrected chi connectivity index (χ4v) is 5.06. The molecule has 0 unspecified atom stereocenters. The molecule has 154 valence electrons. The van der Waals surface area contributed by atoms with Crippen molar-refractivity contribution in [3.05, 3.63) is 52.5 Å². The van der Waals surface area contributed by atoms with Crippen molar-refractivity contribution < 1.29 is 13.2 Å². The Hall–Kier alpha value is -1.81. The van der Waals surface area contributed by atoms with Gasteiger partial charge < -0.3 is 4.90 Å². The molecule has 0 aliphatic carbocycles. The number of hydrogen-bond donors (Lipinski definition) is 0. The molecule has 3 aromatic rings. The van der Waals surface area contributed by atoms with Crippen LogP contribution in [0.25, 0.3) is 10.2 Å². The van der Waals surface area contributed by atoms with Gasteiger partial charge in [0.1, 0.15) is 0 Å². The molecule has 0 fully saturated rings. The van der Waals surface area contributed by atoms with Gasteiger partial charge in [-0.25, -0.2) is 13.4 Å². The van der Waals surface area contributed by atoms with Crippen LogP contribution >= 0.6 is 27.3 Å². The monoisotopic (exact) mass is 495 g/mol. The highest BCUT2D eigenvalue weighted by molar-refractivity contribution is 9.10. The predicted octanol–water partition coefficient (Wildman–Crippen LogP) is 4.06. The molecule has 0 aliphatic heterocycles. The van der Waals surface area contributed by atoms with E-state index in [1.165, 1.54) is 23.5 Å². The van der Waals surface area contributed by atoms with Gasteiger partial charge in [-0.2, -0.15) is 0 Å². The molecule has 0 aliphatic rings. The van der Waals surface area contributed by atoms with Crippen LogP contribution < -0.4 is 4.90 Å². The molecule has 0 saturated carbocycles. The van der Waals surface area contributed by atoms with Crippen molar-refractivity contribution in [1.82, 2.24) is 9.88 Å². The van der Waals surface area contributed by atoms with Crippen LogP contribution in [0.1, 0.15) is 16.8 Å². The quantitative estimate of drug-likeness (QED) is 0.494. The maximum absolute atomic E-state index is 13.3. The van der Waals surface area contributed by atoms with Gasteiger partial charge in [0.05, 0.1) is 15.1 Å². The Morgan fingerprint density at radius 1 is 1.14 bits per heavy atom. The van der Waals surface area contributed by atoms with Gasteiger partial charge in [0.15, 0.2) is 15.0 Å². The lowest BCUT2D eigenvalue weighted by Gasteiger charge is -2.21. The van der Waals surface area contributed by atoms with Gasteiger partial charge in [0.2, 0.25) is 0 Å². The lowest BCUT2D eigenvalue weighted by atomic mass is 10.2. The topological polar surface area (TPSA) is 70.6 Å². The Morgan fingerprint density at radius 2 is 1.90 bits per heavy atom. The number of amides is 1. The van der Waals surface area contributed by atoms with Crippen LogP contribution in [0.3, 0.4) is 0 Å². The first kappa shape index (κ1) is 21.9. The van der Waals surface area contributed by atoms with Crippen LogP contribution in [0.2, 0.25) is 0 Å². The second-order valence-electron chi connectivity index (χ2n) is 7.02. The van der Waals surface area contributed by atoms with E-state index in [2.05, 4.69) is 25.8 Å². The summed E-state index contributed by atoms with van der Waals surface area (Å²) >= 11 is 4.91. The van der Waals surface area contributed by atoms with E-state index in [9.17, 15) is 13.2 Å². The van der Waals surface area contributed by atoms with Gasteiger partial charge in [-0.3, -0.25) is 9.69 Å². The number of benzene rings is 2. The molecule has 9 heteroatoms. The standard InChI is InChI=1S/C20H22BrN3O3S2/c1-23(2)10-5-11-24(20-22-17-9-8-15(21)13-18(17)28-20)19(25)14-6-4-7-16(12-14)29(3,26)27/h4,6-9,12-13H,5,10-11H2,1-3H3. The minimum absolute atomic E-state index is 0.129. The summed E-state index contributed by atoms with van der Waals surface area (Å²) in [6, 6.07) is 12.0. The summed E-state index contributed by atoms with van der Waals surface area (Å²) in [6.07, 6.45) is 1.90. The van der Waals surface area contributed by atoms with Crippen LogP contribution in [-0.2, 0) is 9.84 Å². The summed E-state index contributed by atoms with van der Waals surface area (Å²) < 4.78 is 25.7. The number of anilines is 1. The average Bonchev–Trinajstić information content (AvgIpc) is 3.06. The van der Waals surface area contributed by atoms with Crippen molar-refractivity contribution in [3.8, 4) is 0 Å². The predicted molar refractivity (Wildman–Crippen MR) is 122 cm³/mol. The van der Waals surface area contributed by atoms with Gasteiger partial charge in [-0.05, 0) is 63.5 Å². The Kier molecular flexibility index (Phi) is 6.72. The third-order valence-corrected chi connectivity index (χ3v) is 6.96. The Morgan fingerprint density at radius 3 is 2.59 bits per heavy atom. The lowest BCUT2D eigenvalue weighted by molar-refractivity contribution is 0.0986. The summed E-state index contributed by atoms with van der Waals surface area (Å²) in [7, 11) is 0.568. The minimum atomic E-state index is -3.40. The molecule has 1 amide bonds. The number of carbonyl (C=O) groups is 1. The molecule has 1 aromatic heterocycles.